The van der Waals surface area contributed by atoms with Crippen LogP contribution in [0.4, 0.5) is 0 Å². The molecule has 1 aromatic rings. The van der Waals surface area contributed by atoms with Gasteiger partial charge >= 0.3 is 5.97 Å². The molecule has 0 radical (unpaired) electrons. The molecule has 0 amide bonds. The van der Waals surface area contributed by atoms with Gasteiger partial charge in [-0.1, -0.05) is 12.1 Å². The Morgan fingerprint density at radius 2 is 2.11 bits per heavy atom. The molecule has 18 heavy (non-hydrogen) atoms. The molecule has 3 nitrogen and oxygen atoms in total. The van der Waals surface area contributed by atoms with Crippen molar-refractivity contribution < 1.29 is 14.6 Å². The zero-order chi connectivity index (χ0) is 13.3. The summed E-state index contributed by atoms with van der Waals surface area (Å²) < 4.78 is 5.52. The number of benzene rings is 1. The van der Waals surface area contributed by atoms with Crippen LogP contribution in [-0.2, 0) is 24.1 Å². The van der Waals surface area contributed by atoms with Crippen molar-refractivity contribution in [2.75, 3.05) is 7.11 Å². The standard InChI is InChI=1S/C15H20O3/c1-15(2,14(16)17)9-11-8-7-10-5-4-6-12(10)13(11)18-3/h7-8H,4-6,9H2,1-3H3,(H,16,17). The van der Waals surface area contributed by atoms with E-state index in [4.69, 9.17) is 4.74 Å². The fourth-order valence-corrected chi connectivity index (χ4v) is 2.63. The molecule has 0 atom stereocenters. The Bertz CT molecular complexity index is 475. The molecule has 3 heteroatoms. The van der Waals surface area contributed by atoms with Crippen molar-refractivity contribution in [1.29, 1.82) is 0 Å². The summed E-state index contributed by atoms with van der Waals surface area (Å²) in [7, 11) is 1.67. The minimum absolute atomic E-state index is 0.499. The second-order valence-electron chi connectivity index (χ2n) is 5.61. The van der Waals surface area contributed by atoms with Gasteiger partial charge in [0.25, 0.3) is 0 Å². The van der Waals surface area contributed by atoms with Crippen LogP contribution in [0, 0.1) is 5.41 Å². The number of rotatable bonds is 4. The lowest BCUT2D eigenvalue weighted by molar-refractivity contribution is -0.146. The first kappa shape index (κ1) is 12.9. The highest BCUT2D eigenvalue weighted by molar-refractivity contribution is 5.74. The quantitative estimate of drug-likeness (QED) is 0.891. The second kappa shape index (κ2) is 4.63. The number of aliphatic carboxylic acids is 1. The number of carboxylic acids is 1. The fraction of sp³-hybridized carbons (Fsp3) is 0.533. The van der Waals surface area contributed by atoms with Crippen LogP contribution in [0.15, 0.2) is 12.1 Å². The Labute approximate surface area is 108 Å². The molecule has 0 bridgehead atoms. The molecule has 1 N–H and O–H groups in total. The van der Waals surface area contributed by atoms with Crippen LogP contribution in [-0.4, -0.2) is 18.2 Å². The number of hydrogen-bond donors (Lipinski definition) is 1. The SMILES string of the molecule is COc1c(CC(C)(C)C(=O)O)ccc2c1CCC2. The van der Waals surface area contributed by atoms with Gasteiger partial charge in [-0.15, -0.1) is 0 Å². The highest BCUT2D eigenvalue weighted by atomic mass is 16.5. The van der Waals surface area contributed by atoms with Crippen molar-refractivity contribution in [2.24, 2.45) is 5.41 Å². The third-order valence-corrected chi connectivity index (χ3v) is 3.73. The molecule has 0 fully saturated rings. The average Bonchev–Trinajstić information content (AvgIpc) is 2.76. The number of aryl methyl sites for hydroxylation is 1. The lowest BCUT2D eigenvalue weighted by Gasteiger charge is -2.21. The average molecular weight is 248 g/mol. The second-order valence-corrected chi connectivity index (χ2v) is 5.61. The molecule has 0 saturated carbocycles. The van der Waals surface area contributed by atoms with Crippen molar-refractivity contribution in [1.82, 2.24) is 0 Å². The van der Waals surface area contributed by atoms with Gasteiger partial charge in [-0.2, -0.15) is 0 Å². The van der Waals surface area contributed by atoms with Crippen molar-refractivity contribution in [2.45, 2.75) is 39.5 Å². The van der Waals surface area contributed by atoms with E-state index in [1.165, 1.54) is 11.1 Å². The van der Waals surface area contributed by atoms with Crippen molar-refractivity contribution in [3.63, 3.8) is 0 Å². The maximum Gasteiger partial charge on any atom is 0.309 e. The van der Waals surface area contributed by atoms with Gasteiger partial charge in [0.15, 0.2) is 0 Å². The Balaban J connectivity index is 2.37. The molecule has 1 aliphatic rings. The third-order valence-electron chi connectivity index (χ3n) is 3.73. The number of ether oxygens (including phenoxy) is 1. The first-order valence-corrected chi connectivity index (χ1v) is 6.37. The minimum atomic E-state index is -0.773. The monoisotopic (exact) mass is 248 g/mol. The molecule has 2 rings (SSSR count). The molecule has 0 spiro atoms. The van der Waals surface area contributed by atoms with Crippen LogP contribution in [0.2, 0.25) is 0 Å². The van der Waals surface area contributed by atoms with Gasteiger partial charge in [-0.05, 0) is 56.2 Å². The highest BCUT2D eigenvalue weighted by Gasteiger charge is 2.30. The molecule has 0 aromatic heterocycles. The van der Waals surface area contributed by atoms with Gasteiger partial charge in [0.1, 0.15) is 5.75 Å². The van der Waals surface area contributed by atoms with Crippen LogP contribution >= 0.6 is 0 Å². The Kier molecular flexibility index (Phi) is 3.33. The molecule has 1 aliphatic carbocycles. The number of methoxy groups -OCH3 is 1. The summed E-state index contributed by atoms with van der Waals surface area (Å²) >= 11 is 0. The van der Waals surface area contributed by atoms with E-state index < -0.39 is 11.4 Å². The van der Waals surface area contributed by atoms with E-state index in [0.29, 0.717) is 6.42 Å². The number of carbonyl (C=O) groups is 1. The van der Waals surface area contributed by atoms with E-state index in [2.05, 4.69) is 6.07 Å². The number of hydrogen-bond acceptors (Lipinski definition) is 2. The summed E-state index contributed by atoms with van der Waals surface area (Å²) in [6.45, 7) is 3.50. The Morgan fingerprint density at radius 3 is 2.72 bits per heavy atom. The number of fused-ring (bicyclic) bond motifs is 1. The Hall–Kier alpha value is -1.51. The van der Waals surface area contributed by atoms with Crippen LogP contribution in [0.3, 0.4) is 0 Å². The maximum absolute atomic E-state index is 11.2. The zero-order valence-corrected chi connectivity index (χ0v) is 11.2. The molecule has 0 aliphatic heterocycles. The smallest absolute Gasteiger partial charge is 0.309 e. The van der Waals surface area contributed by atoms with Gasteiger partial charge in [-0.3, -0.25) is 4.79 Å². The first-order valence-electron chi connectivity index (χ1n) is 6.37. The normalized spacial score (nSPS) is 14.4. The van der Waals surface area contributed by atoms with E-state index >= 15 is 0 Å². The van der Waals surface area contributed by atoms with Gasteiger partial charge in [0.05, 0.1) is 12.5 Å². The topological polar surface area (TPSA) is 46.5 Å². The predicted octanol–water partition coefficient (Wildman–Crippen LogP) is 2.84. The van der Waals surface area contributed by atoms with E-state index in [1.807, 2.05) is 6.07 Å². The number of carboxylic acid groups (broad SMARTS) is 1. The van der Waals surface area contributed by atoms with Crippen molar-refractivity contribution >= 4 is 5.97 Å². The van der Waals surface area contributed by atoms with E-state index in [9.17, 15) is 9.90 Å². The van der Waals surface area contributed by atoms with E-state index in [1.54, 1.807) is 21.0 Å². The fourth-order valence-electron chi connectivity index (χ4n) is 2.63. The molecule has 0 unspecified atom stereocenters. The van der Waals surface area contributed by atoms with Crippen molar-refractivity contribution in [3.05, 3.63) is 28.8 Å². The van der Waals surface area contributed by atoms with Gasteiger partial charge < -0.3 is 9.84 Å². The Morgan fingerprint density at radius 1 is 1.39 bits per heavy atom. The first-order chi connectivity index (χ1) is 8.45. The highest BCUT2D eigenvalue weighted by Crippen LogP contribution is 2.36. The van der Waals surface area contributed by atoms with Crippen molar-refractivity contribution in [3.8, 4) is 5.75 Å². The molecular weight excluding hydrogens is 228 g/mol. The molecule has 0 heterocycles. The van der Waals surface area contributed by atoms with E-state index in [0.717, 1.165) is 30.6 Å². The summed E-state index contributed by atoms with van der Waals surface area (Å²) in [4.78, 5) is 11.2. The van der Waals surface area contributed by atoms with Crippen LogP contribution in [0.25, 0.3) is 0 Å². The van der Waals surface area contributed by atoms with E-state index in [-0.39, 0.29) is 0 Å². The zero-order valence-electron chi connectivity index (χ0n) is 11.2. The maximum atomic E-state index is 11.2. The summed E-state index contributed by atoms with van der Waals surface area (Å²) in [5.41, 5.74) is 2.87. The molecular formula is C15H20O3. The summed E-state index contributed by atoms with van der Waals surface area (Å²) in [5.74, 6) is 0.129. The van der Waals surface area contributed by atoms with Crippen LogP contribution < -0.4 is 4.74 Å². The van der Waals surface area contributed by atoms with Crippen LogP contribution in [0.1, 0.15) is 37.0 Å². The summed E-state index contributed by atoms with van der Waals surface area (Å²) in [6, 6.07) is 4.14. The molecule has 98 valence electrons. The lowest BCUT2D eigenvalue weighted by Crippen LogP contribution is -2.26. The van der Waals surface area contributed by atoms with Gasteiger partial charge in [0, 0.05) is 0 Å². The summed E-state index contributed by atoms with van der Waals surface area (Å²) in [6.07, 6.45) is 3.81. The van der Waals surface area contributed by atoms with Gasteiger partial charge in [-0.25, -0.2) is 0 Å². The minimum Gasteiger partial charge on any atom is -0.496 e. The lowest BCUT2D eigenvalue weighted by atomic mass is 9.84. The van der Waals surface area contributed by atoms with Gasteiger partial charge in [0.2, 0.25) is 0 Å². The molecule has 0 saturated heterocycles. The third kappa shape index (κ3) is 2.22. The van der Waals surface area contributed by atoms with Crippen LogP contribution in [0.5, 0.6) is 5.75 Å². The largest absolute Gasteiger partial charge is 0.496 e. The predicted molar refractivity (Wildman–Crippen MR) is 70.1 cm³/mol. The summed E-state index contributed by atoms with van der Waals surface area (Å²) in [5, 5.41) is 9.22. The molecule has 1 aromatic carbocycles.